The fourth-order valence-electron chi connectivity index (χ4n) is 3.22. The van der Waals surface area contributed by atoms with Gasteiger partial charge in [-0.3, -0.25) is 0 Å². The van der Waals surface area contributed by atoms with Crippen LogP contribution in [0.5, 0.6) is 0 Å². The van der Waals surface area contributed by atoms with Gasteiger partial charge in [-0.25, -0.2) is 0 Å². The van der Waals surface area contributed by atoms with Crippen LogP contribution in [-0.2, 0) is 5.41 Å². The van der Waals surface area contributed by atoms with Gasteiger partial charge in [-0.05, 0) is 39.4 Å². The monoisotopic (exact) mass is 356 g/mol. The third-order valence-electron chi connectivity index (χ3n) is 4.52. The Kier molecular flexibility index (Phi) is 7.19. The minimum Gasteiger partial charge on any atom is -0.0683 e. The van der Waals surface area contributed by atoms with Crippen LogP contribution in [0.4, 0.5) is 0 Å². The largest absolute Gasteiger partial charge is 0.0683 e. The molecule has 4 aromatic rings. The molecule has 0 saturated heterocycles. The van der Waals surface area contributed by atoms with E-state index in [9.17, 15) is 0 Å². The summed E-state index contributed by atoms with van der Waals surface area (Å²) in [7, 11) is 0. The van der Waals surface area contributed by atoms with E-state index in [0.717, 1.165) is 0 Å². The van der Waals surface area contributed by atoms with Gasteiger partial charge >= 0.3 is 0 Å². The SMILES string of the molecule is CC.CC(C)(C)c1cccc2ccc3ccccc3c12.Cc1ccccc1. The summed E-state index contributed by atoms with van der Waals surface area (Å²) in [6.07, 6.45) is 0. The van der Waals surface area contributed by atoms with Crippen LogP contribution in [-0.4, -0.2) is 0 Å². The molecule has 0 fully saturated rings. The molecule has 27 heavy (non-hydrogen) atoms. The molecule has 0 heterocycles. The number of benzene rings is 4. The molecule has 0 aromatic heterocycles. The first-order valence-corrected chi connectivity index (χ1v) is 9.89. The van der Waals surface area contributed by atoms with Crippen LogP contribution in [0.3, 0.4) is 0 Å². The van der Waals surface area contributed by atoms with Gasteiger partial charge in [0.25, 0.3) is 0 Å². The van der Waals surface area contributed by atoms with Crippen LogP contribution < -0.4 is 0 Å². The Hall–Kier alpha value is -2.60. The van der Waals surface area contributed by atoms with Crippen LogP contribution in [0.25, 0.3) is 21.5 Å². The summed E-state index contributed by atoms with van der Waals surface area (Å²) in [6, 6.07) is 30.0. The maximum Gasteiger partial charge on any atom is -0.00680 e. The van der Waals surface area contributed by atoms with Crippen molar-refractivity contribution in [3.8, 4) is 0 Å². The molecule has 0 bridgehead atoms. The second-order valence-electron chi connectivity index (χ2n) is 7.60. The highest BCUT2D eigenvalue weighted by atomic mass is 14.2. The van der Waals surface area contributed by atoms with Crippen molar-refractivity contribution in [3.05, 3.63) is 96.1 Å². The Morgan fingerprint density at radius 1 is 0.556 bits per heavy atom. The number of aryl methyl sites for hydroxylation is 1. The van der Waals surface area contributed by atoms with Crippen molar-refractivity contribution in [1.82, 2.24) is 0 Å². The number of fused-ring (bicyclic) bond motifs is 3. The third kappa shape index (κ3) is 5.20. The molecule has 140 valence electrons. The highest BCUT2D eigenvalue weighted by molar-refractivity contribution is 6.09. The second-order valence-corrected chi connectivity index (χ2v) is 7.60. The topological polar surface area (TPSA) is 0 Å². The highest BCUT2D eigenvalue weighted by Gasteiger charge is 2.17. The lowest BCUT2D eigenvalue weighted by atomic mass is 9.82. The Labute approximate surface area is 164 Å². The van der Waals surface area contributed by atoms with Gasteiger partial charge in [0.2, 0.25) is 0 Å². The molecule has 0 atom stereocenters. The molecular weight excluding hydrogens is 324 g/mol. The first kappa shape index (κ1) is 20.7. The predicted molar refractivity (Wildman–Crippen MR) is 123 cm³/mol. The van der Waals surface area contributed by atoms with Crippen molar-refractivity contribution in [2.75, 3.05) is 0 Å². The van der Waals surface area contributed by atoms with E-state index in [0.29, 0.717) is 0 Å². The number of hydrogen-bond donors (Lipinski definition) is 0. The van der Waals surface area contributed by atoms with Gasteiger partial charge in [-0.1, -0.05) is 125 Å². The minimum absolute atomic E-state index is 0.170. The van der Waals surface area contributed by atoms with E-state index in [1.54, 1.807) is 0 Å². The molecule has 0 nitrogen and oxygen atoms in total. The maximum atomic E-state index is 2.28. The van der Waals surface area contributed by atoms with E-state index in [1.165, 1.54) is 32.7 Å². The van der Waals surface area contributed by atoms with E-state index < -0.39 is 0 Å². The molecule has 0 amide bonds. The lowest BCUT2D eigenvalue weighted by molar-refractivity contribution is 0.596. The summed E-state index contributed by atoms with van der Waals surface area (Å²) >= 11 is 0. The van der Waals surface area contributed by atoms with Crippen molar-refractivity contribution in [3.63, 3.8) is 0 Å². The van der Waals surface area contributed by atoms with Gasteiger partial charge in [0.15, 0.2) is 0 Å². The van der Waals surface area contributed by atoms with Crippen molar-refractivity contribution >= 4 is 21.5 Å². The van der Waals surface area contributed by atoms with Crippen LogP contribution in [0, 0.1) is 6.92 Å². The zero-order valence-electron chi connectivity index (χ0n) is 17.6. The second kappa shape index (κ2) is 9.37. The normalized spacial score (nSPS) is 10.6. The van der Waals surface area contributed by atoms with Crippen molar-refractivity contribution in [2.45, 2.75) is 47.0 Å². The van der Waals surface area contributed by atoms with Crippen LogP contribution in [0.15, 0.2) is 84.9 Å². The summed E-state index contributed by atoms with van der Waals surface area (Å²) in [6.45, 7) is 12.9. The van der Waals surface area contributed by atoms with Crippen LogP contribution in [0.2, 0.25) is 0 Å². The zero-order valence-corrected chi connectivity index (χ0v) is 17.6. The molecule has 0 heteroatoms. The van der Waals surface area contributed by atoms with E-state index >= 15 is 0 Å². The van der Waals surface area contributed by atoms with Crippen LogP contribution >= 0.6 is 0 Å². The molecule has 0 aliphatic rings. The minimum atomic E-state index is 0.170. The maximum absolute atomic E-state index is 2.28. The fraction of sp³-hybridized carbons (Fsp3) is 0.259. The quantitative estimate of drug-likeness (QED) is 0.278. The van der Waals surface area contributed by atoms with E-state index in [2.05, 4.69) is 94.4 Å². The highest BCUT2D eigenvalue weighted by Crippen LogP contribution is 2.34. The van der Waals surface area contributed by atoms with E-state index in [-0.39, 0.29) is 5.41 Å². The molecule has 4 aromatic carbocycles. The standard InChI is InChI=1S/C18H18.C7H8.C2H6/c1-18(2,3)16-10-6-8-14-12-11-13-7-4-5-9-15(13)17(14)16;1-7-5-3-2-4-6-7;1-2/h4-12H,1-3H3;2-6H,1H3;1-2H3. The summed E-state index contributed by atoms with van der Waals surface area (Å²) in [5.41, 5.74) is 2.92. The predicted octanol–water partition coefficient (Wildman–Crippen LogP) is 8.31. The Bertz CT molecular complexity index is 973. The van der Waals surface area contributed by atoms with Crippen molar-refractivity contribution in [1.29, 1.82) is 0 Å². The van der Waals surface area contributed by atoms with Gasteiger partial charge in [-0.2, -0.15) is 0 Å². The lowest BCUT2D eigenvalue weighted by Gasteiger charge is -2.22. The Morgan fingerprint density at radius 3 is 1.70 bits per heavy atom. The molecule has 0 radical (unpaired) electrons. The molecule has 0 aliphatic carbocycles. The first-order valence-electron chi connectivity index (χ1n) is 9.89. The summed E-state index contributed by atoms with van der Waals surface area (Å²) in [4.78, 5) is 0. The molecule has 0 aliphatic heterocycles. The Balaban J connectivity index is 0.000000244. The molecule has 4 rings (SSSR count). The number of rotatable bonds is 0. The smallest absolute Gasteiger partial charge is 0.00680 e. The lowest BCUT2D eigenvalue weighted by Crippen LogP contribution is -2.11. The first-order chi connectivity index (χ1) is 13.0. The van der Waals surface area contributed by atoms with Gasteiger partial charge < -0.3 is 0 Å². The molecular formula is C27H32. The zero-order chi connectivity index (χ0) is 19.9. The summed E-state index contributed by atoms with van der Waals surface area (Å²) < 4.78 is 0. The molecule has 0 unspecified atom stereocenters. The van der Waals surface area contributed by atoms with Crippen LogP contribution in [0.1, 0.15) is 45.7 Å². The molecule has 0 spiro atoms. The van der Waals surface area contributed by atoms with Gasteiger partial charge in [0, 0.05) is 0 Å². The summed E-state index contributed by atoms with van der Waals surface area (Å²) in [5, 5.41) is 5.42. The van der Waals surface area contributed by atoms with E-state index in [4.69, 9.17) is 0 Å². The summed E-state index contributed by atoms with van der Waals surface area (Å²) in [5.74, 6) is 0. The fourth-order valence-corrected chi connectivity index (χ4v) is 3.22. The van der Waals surface area contributed by atoms with Gasteiger partial charge in [-0.15, -0.1) is 0 Å². The molecule has 0 N–H and O–H groups in total. The van der Waals surface area contributed by atoms with Crippen molar-refractivity contribution in [2.24, 2.45) is 0 Å². The third-order valence-corrected chi connectivity index (χ3v) is 4.52. The van der Waals surface area contributed by atoms with Gasteiger partial charge in [0.1, 0.15) is 0 Å². The van der Waals surface area contributed by atoms with Crippen molar-refractivity contribution < 1.29 is 0 Å². The molecule has 0 saturated carbocycles. The average molecular weight is 357 g/mol. The Morgan fingerprint density at radius 2 is 1.11 bits per heavy atom. The van der Waals surface area contributed by atoms with E-state index in [1.807, 2.05) is 32.0 Å². The van der Waals surface area contributed by atoms with Gasteiger partial charge in [0.05, 0.1) is 0 Å². The average Bonchev–Trinajstić information content (AvgIpc) is 2.69. The number of hydrogen-bond acceptors (Lipinski definition) is 0.